The fraction of sp³-hybridized carbons (Fsp3) is 0.667. The highest BCUT2D eigenvalue weighted by Gasteiger charge is 2.28. The number of unbranched alkanes of at least 4 members (excludes halogenated alkanes) is 1. The molecule has 19 heteroatoms. The van der Waals surface area contributed by atoms with Gasteiger partial charge in [0.1, 0.15) is 36.6 Å². The van der Waals surface area contributed by atoms with Crippen molar-refractivity contribution in [3.63, 3.8) is 0 Å². The highest BCUT2D eigenvalue weighted by molar-refractivity contribution is 7.98. The van der Waals surface area contributed by atoms with Gasteiger partial charge in [-0.05, 0) is 65.6 Å². The lowest BCUT2D eigenvalue weighted by atomic mass is 10.0. The molecule has 0 bridgehead atoms. The van der Waals surface area contributed by atoms with Crippen LogP contribution >= 0.6 is 11.8 Å². The lowest BCUT2D eigenvalue weighted by Gasteiger charge is -2.24. The first-order chi connectivity index (χ1) is 24.6. The molecule has 0 aliphatic carbocycles. The minimum Gasteiger partial charge on any atom is -0.480 e. The molecule has 18 nitrogen and oxygen atoms in total. The van der Waals surface area contributed by atoms with Gasteiger partial charge < -0.3 is 40.6 Å². The van der Waals surface area contributed by atoms with Gasteiger partial charge in [-0.25, -0.2) is 24.2 Å². The summed E-state index contributed by atoms with van der Waals surface area (Å²) in [5.74, 6) is -3.33. The van der Waals surface area contributed by atoms with E-state index in [4.69, 9.17) is 14.2 Å². The maximum Gasteiger partial charge on any atom is 0.407 e. The second kappa shape index (κ2) is 22.5. The number of carboxylic acid groups (broad SMARTS) is 1. The predicted molar refractivity (Wildman–Crippen MR) is 191 cm³/mol. The van der Waals surface area contributed by atoms with Crippen molar-refractivity contribution in [2.75, 3.05) is 45.8 Å². The van der Waals surface area contributed by atoms with Gasteiger partial charge in [-0.3, -0.25) is 14.4 Å². The largest absolute Gasteiger partial charge is 0.480 e. The number of ether oxygens (including phenoxy) is 3. The third-order valence-corrected chi connectivity index (χ3v) is 7.83. The molecule has 2 aromatic rings. The Kier molecular flexibility index (Phi) is 19.0. The number of rotatable bonds is 23. The van der Waals surface area contributed by atoms with Crippen LogP contribution < -0.4 is 21.3 Å². The number of thioether (sulfide) groups is 1. The number of aliphatic carboxylic acids is 1. The number of aromatic nitrogens is 5. The van der Waals surface area contributed by atoms with Gasteiger partial charge in [0.25, 0.3) is 0 Å². The van der Waals surface area contributed by atoms with Gasteiger partial charge in [0.2, 0.25) is 17.7 Å². The Morgan fingerprint density at radius 2 is 1.60 bits per heavy atom. The van der Waals surface area contributed by atoms with E-state index < -0.39 is 54.1 Å². The average molecular weight is 752 g/mol. The van der Waals surface area contributed by atoms with Crippen molar-refractivity contribution in [3.05, 3.63) is 18.6 Å². The number of carbonyl (C=O) groups is 5. The third kappa shape index (κ3) is 17.2. The van der Waals surface area contributed by atoms with Crippen LogP contribution in [0.5, 0.6) is 0 Å². The molecule has 2 aromatic heterocycles. The molecule has 0 aliphatic heterocycles. The molecular weight excluding hydrogens is 698 g/mol. The third-order valence-electron chi connectivity index (χ3n) is 7.25. The SMILES string of the molecule is CSc1ncc(-c2cn(C(C)CCOCCNC(=O)COCC(=O)N[C@H](C(=O)N[C@@H](CCCCNC(=O)OC(C)(C)C)C(=O)O)C(C)C)nn2)cn1. The van der Waals surface area contributed by atoms with Crippen molar-refractivity contribution in [1.82, 2.24) is 46.2 Å². The van der Waals surface area contributed by atoms with Gasteiger partial charge in [0.15, 0.2) is 5.16 Å². The molecule has 0 saturated carbocycles. The Bertz CT molecular complexity index is 1430. The molecular formula is C33H53N9O9S. The standard InChI is InChI=1S/C33H53N9O9S/c1-21(2)28(29(45)38-24(30(46)47)10-8-9-12-35-32(48)51-33(4,5)6)39-27(44)20-50-19-26(43)34-13-15-49-14-11-22(3)42-18-25(40-41-42)23-16-36-31(52-7)37-17-23/h16-18,21-22,24,28H,8-15,19-20H2,1-7H3,(H,34,43)(H,35,48)(H,38,45)(H,39,44)(H,46,47)/t22?,24-,28-/m0/s1. The highest BCUT2D eigenvalue weighted by Crippen LogP contribution is 2.18. The van der Waals surface area contributed by atoms with Crippen molar-refractivity contribution in [1.29, 1.82) is 0 Å². The Hall–Kier alpha value is -4.36. The van der Waals surface area contributed by atoms with Gasteiger partial charge in [-0.1, -0.05) is 30.8 Å². The van der Waals surface area contributed by atoms with Crippen LogP contribution in [0, 0.1) is 5.92 Å². The first kappa shape index (κ1) is 43.8. The molecule has 1 unspecified atom stereocenters. The predicted octanol–water partition coefficient (Wildman–Crippen LogP) is 1.96. The Morgan fingerprint density at radius 3 is 2.23 bits per heavy atom. The molecule has 3 atom stereocenters. The van der Waals surface area contributed by atoms with Gasteiger partial charge in [0.05, 0.1) is 18.8 Å². The fourth-order valence-electron chi connectivity index (χ4n) is 4.46. The summed E-state index contributed by atoms with van der Waals surface area (Å²) in [6.07, 6.45) is 8.25. The lowest BCUT2D eigenvalue weighted by Crippen LogP contribution is -2.54. The van der Waals surface area contributed by atoms with E-state index in [-0.39, 0.29) is 44.7 Å². The molecule has 0 radical (unpaired) electrons. The molecule has 0 aliphatic rings. The van der Waals surface area contributed by atoms with Gasteiger partial charge >= 0.3 is 12.1 Å². The van der Waals surface area contributed by atoms with E-state index in [0.29, 0.717) is 36.7 Å². The van der Waals surface area contributed by atoms with Gasteiger partial charge in [-0.2, -0.15) is 0 Å². The van der Waals surface area contributed by atoms with Crippen LogP contribution in [0.1, 0.15) is 73.3 Å². The minimum atomic E-state index is -1.22. The van der Waals surface area contributed by atoms with E-state index in [9.17, 15) is 29.1 Å². The average Bonchev–Trinajstić information content (AvgIpc) is 3.57. The van der Waals surface area contributed by atoms with E-state index in [0.717, 1.165) is 5.56 Å². The van der Waals surface area contributed by atoms with Crippen molar-refractivity contribution < 1.29 is 43.3 Å². The minimum absolute atomic E-state index is 0.0213. The second-order valence-corrected chi connectivity index (χ2v) is 14.0. The van der Waals surface area contributed by atoms with E-state index in [1.807, 2.05) is 19.4 Å². The van der Waals surface area contributed by atoms with Crippen molar-refractivity contribution in [2.24, 2.45) is 5.92 Å². The van der Waals surface area contributed by atoms with Crippen LogP contribution in [0.2, 0.25) is 0 Å². The quantitative estimate of drug-likeness (QED) is 0.0620. The zero-order valence-electron chi connectivity index (χ0n) is 31.0. The molecule has 0 aromatic carbocycles. The fourth-order valence-corrected chi connectivity index (χ4v) is 4.78. The second-order valence-electron chi connectivity index (χ2n) is 13.2. The normalized spacial score (nSPS) is 13.2. The molecule has 2 rings (SSSR count). The summed E-state index contributed by atoms with van der Waals surface area (Å²) in [4.78, 5) is 69.6. The van der Waals surface area contributed by atoms with Gasteiger partial charge in [0, 0.05) is 37.7 Å². The molecule has 52 heavy (non-hydrogen) atoms. The molecule has 0 fully saturated rings. The zero-order valence-corrected chi connectivity index (χ0v) is 31.8. The number of carbonyl (C=O) groups excluding carboxylic acids is 4. The maximum atomic E-state index is 12.9. The summed E-state index contributed by atoms with van der Waals surface area (Å²) < 4.78 is 17.7. The van der Waals surface area contributed by atoms with Crippen LogP contribution in [-0.2, 0) is 33.4 Å². The number of nitrogens with one attached hydrogen (secondary N) is 4. The number of hydrogen-bond acceptors (Lipinski definition) is 13. The number of carboxylic acids is 1. The summed E-state index contributed by atoms with van der Waals surface area (Å²) in [6.45, 7) is 11.0. The summed E-state index contributed by atoms with van der Waals surface area (Å²) in [5.41, 5.74) is 0.819. The summed E-state index contributed by atoms with van der Waals surface area (Å²) in [6, 6.07) is -2.20. The van der Waals surface area contributed by atoms with E-state index in [1.165, 1.54) is 11.8 Å². The lowest BCUT2D eigenvalue weighted by molar-refractivity contribution is -0.142. The highest BCUT2D eigenvalue weighted by atomic mass is 32.2. The molecule has 4 amide bonds. The topological polar surface area (TPSA) is 238 Å². The molecule has 0 saturated heterocycles. The number of alkyl carbamates (subject to hydrolysis) is 1. The maximum absolute atomic E-state index is 12.9. The van der Waals surface area contributed by atoms with Crippen LogP contribution in [0.25, 0.3) is 11.3 Å². The number of hydrogen-bond donors (Lipinski definition) is 5. The summed E-state index contributed by atoms with van der Waals surface area (Å²) >= 11 is 1.46. The molecule has 290 valence electrons. The van der Waals surface area contributed by atoms with Crippen LogP contribution in [0.15, 0.2) is 23.7 Å². The van der Waals surface area contributed by atoms with Crippen LogP contribution in [-0.4, -0.2) is 123 Å². The molecule has 2 heterocycles. The summed E-state index contributed by atoms with van der Waals surface area (Å²) in [5, 5.41) is 28.9. The van der Waals surface area contributed by atoms with Crippen LogP contribution in [0.3, 0.4) is 0 Å². The van der Waals surface area contributed by atoms with Gasteiger partial charge in [-0.15, -0.1) is 5.10 Å². The number of nitrogens with zero attached hydrogens (tertiary/aromatic N) is 5. The first-order valence-electron chi connectivity index (χ1n) is 17.1. The van der Waals surface area contributed by atoms with Crippen molar-refractivity contribution >= 4 is 41.5 Å². The number of amides is 4. The molecule has 0 spiro atoms. The smallest absolute Gasteiger partial charge is 0.407 e. The monoisotopic (exact) mass is 751 g/mol. The van der Waals surface area contributed by atoms with Crippen molar-refractivity contribution in [2.45, 2.75) is 96.1 Å². The van der Waals surface area contributed by atoms with E-state index in [1.54, 1.807) is 51.7 Å². The first-order valence-corrected chi connectivity index (χ1v) is 18.3. The molecule has 5 N–H and O–H groups in total. The zero-order chi connectivity index (χ0) is 38.7. The summed E-state index contributed by atoms with van der Waals surface area (Å²) in [7, 11) is 0. The van der Waals surface area contributed by atoms with Crippen LogP contribution in [0.4, 0.5) is 4.79 Å². The Labute approximate surface area is 308 Å². The Morgan fingerprint density at radius 1 is 0.904 bits per heavy atom. The van der Waals surface area contributed by atoms with E-state index >= 15 is 0 Å². The van der Waals surface area contributed by atoms with E-state index in [2.05, 4.69) is 41.5 Å². The van der Waals surface area contributed by atoms with Crippen molar-refractivity contribution in [3.8, 4) is 11.3 Å². The Balaban J connectivity index is 1.62.